The highest BCUT2D eigenvalue weighted by molar-refractivity contribution is 6.14. The normalized spacial score (nSPS) is 15.7. The lowest BCUT2D eigenvalue weighted by Crippen LogP contribution is -2.29. The minimum Gasteiger partial charge on any atom is -0.493 e. The topological polar surface area (TPSA) is 105 Å². The van der Waals surface area contributed by atoms with E-state index in [0.29, 0.717) is 17.1 Å². The van der Waals surface area contributed by atoms with E-state index >= 15 is 0 Å². The van der Waals surface area contributed by atoms with Crippen LogP contribution in [-0.2, 0) is 9.59 Å². The number of imide groups is 1. The van der Waals surface area contributed by atoms with E-state index in [-0.39, 0.29) is 18.7 Å². The number of carbonyl (C=O) groups excluding carboxylic acids is 2. The molecule has 2 N–H and O–H groups in total. The number of rotatable bonds is 6. The van der Waals surface area contributed by atoms with Gasteiger partial charge in [0.2, 0.25) is 0 Å². The fraction of sp³-hybridized carbons (Fsp3) is 0.267. The molecule has 23 heavy (non-hydrogen) atoms. The van der Waals surface area contributed by atoms with Crippen LogP contribution in [0.4, 0.5) is 4.79 Å². The molecule has 1 saturated heterocycles. The first-order chi connectivity index (χ1) is 11.0. The average Bonchev–Trinajstić information content (AvgIpc) is 2.78. The third-order valence-corrected chi connectivity index (χ3v) is 3.25. The Bertz CT molecular complexity index is 683. The first kappa shape index (κ1) is 16.3. The summed E-state index contributed by atoms with van der Waals surface area (Å²) in [5.74, 6) is -0.620. The van der Waals surface area contributed by atoms with E-state index in [2.05, 4.69) is 5.32 Å². The first-order valence-corrected chi connectivity index (χ1v) is 6.74. The van der Waals surface area contributed by atoms with Crippen LogP contribution >= 0.6 is 0 Å². The summed E-state index contributed by atoms with van der Waals surface area (Å²) in [5, 5.41) is 10.9. The third kappa shape index (κ3) is 3.60. The number of aliphatic carboxylic acids is 1. The zero-order valence-electron chi connectivity index (χ0n) is 12.7. The standard InChI is InChI=1S/C15H16N2O6/c1-22-11-4-3-9(8-12(11)23-2)7-10-14(20)16-15(21)17(10)6-5-13(18)19/h3-4,7-8H,5-6H2,1-2H3,(H,18,19)(H,16,20,21). The molecule has 0 aromatic heterocycles. The number of carbonyl (C=O) groups is 3. The molecule has 3 amide bonds. The summed E-state index contributed by atoms with van der Waals surface area (Å²) in [5.41, 5.74) is 0.700. The number of benzene rings is 1. The van der Waals surface area contributed by atoms with Crippen LogP contribution in [0.3, 0.4) is 0 Å². The van der Waals surface area contributed by atoms with Gasteiger partial charge in [-0.3, -0.25) is 19.8 Å². The maximum Gasteiger partial charge on any atom is 0.329 e. The van der Waals surface area contributed by atoms with E-state index in [9.17, 15) is 14.4 Å². The van der Waals surface area contributed by atoms with Crippen molar-refractivity contribution in [2.75, 3.05) is 20.8 Å². The smallest absolute Gasteiger partial charge is 0.329 e. The quantitative estimate of drug-likeness (QED) is 0.600. The molecule has 0 radical (unpaired) electrons. The molecule has 0 unspecified atom stereocenters. The molecule has 0 atom stereocenters. The predicted octanol–water partition coefficient (Wildman–Crippen LogP) is 1.07. The summed E-state index contributed by atoms with van der Waals surface area (Å²) in [6.07, 6.45) is 1.23. The lowest BCUT2D eigenvalue weighted by atomic mass is 10.1. The highest BCUT2D eigenvalue weighted by Gasteiger charge is 2.33. The van der Waals surface area contributed by atoms with Crippen molar-refractivity contribution in [3.63, 3.8) is 0 Å². The van der Waals surface area contributed by atoms with E-state index in [1.54, 1.807) is 18.2 Å². The molecule has 0 saturated carbocycles. The van der Waals surface area contributed by atoms with Crippen molar-refractivity contribution in [2.24, 2.45) is 0 Å². The Labute approximate surface area is 132 Å². The van der Waals surface area contributed by atoms with Crippen molar-refractivity contribution in [1.82, 2.24) is 10.2 Å². The van der Waals surface area contributed by atoms with Gasteiger partial charge in [0.15, 0.2) is 11.5 Å². The Kier molecular flexibility index (Phi) is 4.85. The molecule has 0 bridgehead atoms. The van der Waals surface area contributed by atoms with Gasteiger partial charge in [0.1, 0.15) is 5.70 Å². The van der Waals surface area contributed by atoms with Gasteiger partial charge in [0, 0.05) is 6.54 Å². The van der Waals surface area contributed by atoms with Gasteiger partial charge >= 0.3 is 12.0 Å². The lowest BCUT2D eigenvalue weighted by Gasteiger charge is -2.14. The summed E-state index contributed by atoms with van der Waals surface area (Å²) in [6, 6.07) is 4.38. The van der Waals surface area contributed by atoms with E-state index in [1.807, 2.05) is 0 Å². The van der Waals surface area contributed by atoms with Gasteiger partial charge < -0.3 is 14.6 Å². The lowest BCUT2D eigenvalue weighted by molar-refractivity contribution is -0.137. The molecule has 122 valence electrons. The number of hydrogen-bond donors (Lipinski definition) is 2. The molecular formula is C15H16N2O6. The number of ether oxygens (including phenoxy) is 2. The SMILES string of the molecule is COc1ccc(C=C2C(=O)NC(=O)N2CCC(=O)O)cc1OC. The highest BCUT2D eigenvalue weighted by Crippen LogP contribution is 2.29. The predicted molar refractivity (Wildman–Crippen MR) is 80.0 cm³/mol. The monoisotopic (exact) mass is 320 g/mol. The summed E-state index contributed by atoms with van der Waals surface area (Å²) < 4.78 is 10.3. The number of carboxylic acid groups (broad SMARTS) is 1. The van der Waals surface area contributed by atoms with Crippen molar-refractivity contribution in [2.45, 2.75) is 6.42 Å². The van der Waals surface area contributed by atoms with Crippen LogP contribution in [0.25, 0.3) is 6.08 Å². The largest absolute Gasteiger partial charge is 0.493 e. The van der Waals surface area contributed by atoms with Crippen LogP contribution in [0.15, 0.2) is 23.9 Å². The molecule has 1 aromatic rings. The molecule has 0 aliphatic carbocycles. The van der Waals surface area contributed by atoms with Gasteiger partial charge in [-0.15, -0.1) is 0 Å². The summed E-state index contributed by atoms with van der Waals surface area (Å²) in [6.45, 7) is -0.0912. The fourth-order valence-electron chi connectivity index (χ4n) is 2.13. The molecule has 1 aliphatic heterocycles. The Morgan fingerprint density at radius 2 is 1.96 bits per heavy atom. The van der Waals surface area contributed by atoms with Gasteiger partial charge in [0.25, 0.3) is 5.91 Å². The Hall–Kier alpha value is -3.03. The van der Waals surface area contributed by atoms with Crippen LogP contribution in [0.2, 0.25) is 0 Å². The summed E-state index contributed by atoms with van der Waals surface area (Å²) in [4.78, 5) is 35.4. The van der Waals surface area contributed by atoms with Crippen molar-refractivity contribution in [1.29, 1.82) is 0 Å². The van der Waals surface area contributed by atoms with E-state index in [4.69, 9.17) is 14.6 Å². The Morgan fingerprint density at radius 1 is 1.26 bits per heavy atom. The minimum atomic E-state index is -1.05. The van der Waals surface area contributed by atoms with Crippen LogP contribution in [0.1, 0.15) is 12.0 Å². The molecule has 1 fully saturated rings. The summed E-state index contributed by atoms with van der Waals surface area (Å²) in [7, 11) is 2.99. The van der Waals surface area contributed by atoms with Crippen molar-refractivity contribution < 1.29 is 29.0 Å². The molecule has 0 spiro atoms. The zero-order chi connectivity index (χ0) is 17.0. The van der Waals surface area contributed by atoms with Gasteiger partial charge in [0.05, 0.1) is 20.6 Å². The van der Waals surface area contributed by atoms with E-state index in [0.717, 1.165) is 4.90 Å². The van der Waals surface area contributed by atoms with E-state index in [1.165, 1.54) is 20.3 Å². The third-order valence-electron chi connectivity index (χ3n) is 3.25. The minimum absolute atomic E-state index is 0.0865. The van der Waals surface area contributed by atoms with E-state index < -0.39 is 17.9 Å². The Morgan fingerprint density at radius 3 is 2.57 bits per heavy atom. The number of hydrogen-bond acceptors (Lipinski definition) is 5. The van der Waals surface area contributed by atoms with Gasteiger partial charge in [-0.25, -0.2) is 4.79 Å². The summed E-state index contributed by atoms with van der Waals surface area (Å²) >= 11 is 0. The van der Waals surface area contributed by atoms with Crippen LogP contribution in [-0.4, -0.2) is 48.7 Å². The maximum absolute atomic E-state index is 11.9. The second-order valence-electron chi connectivity index (χ2n) is 4.70. The second-order valence-corrected chi connectivity index (χ2v) is 4.70. The van der Waals surface area contributed by atoms with Crippen LogP contribution < -0.4 is 14.8 Å². The number of carboxylic acids is 1. The Balaban J connectivity index is 2.32. The fourth-order valence-corrected chi connectivity index (χ4v) is 2.13. The van der Waals surface area contributed by atoms with Crippen molar-refractivity contribution in [3.8, 4) is 11.5 Å². The maximum atomic E-state index is 11.9. The van der Waals surface area contributed by atoms with Crippen LogP contribution in [0, 0.1) is 0 Å². The molecule has 2 rings (SSSR count). The number of nitrogens with zero attached hydrogens (tertiary/aromatic N) is 1. The molecule has 1 heterocycles. The molecular weight excluding hydrogens is 304 g/mol. The average molecular weight is 320 g/mol. The highest BCUT2D eigenvalue weighted by atomic mass is 16.5. The van der Waals surface area contributed by atoms with Crippen molar-refractivity contribution >= 4 is 24.0 Å². The number of amides is 3. The zero-order valence-corrected chi connectivity index (χ0v) is 12.7. The molecule has 8 heteroatoms. The first-order valence-electron chi connectivity index (χ1n) is 6.74. The number of nitrogens with one attached hydrogen (secondary N) is 1. The van der Waals surface area contributed by atoms with Gasteiger partial charge in [-0.05, 0) is 23.8 Å². The van der Waals surface area contributed by atoms with Gasteiger partial charge in [-0.2, -0.15) is 0 Å². The molecule has 1 aliphatic rings. The second kappa shape index (κ2) is 6.82. The van der Waals surface area contributed by atoms with Crippen molar-refractivity contribution in [3.05, 3.63) is 29.5 Å². The number of methoxy groups -OCH3 is 2. The molecule has 1 aromatic carbocycles. The number of urea groups is 1. The van der Waals surface area contributed by atoms with Crippen LogP contribution in [0.5, 0.6) is 11.5 Å². The van der Waals surface area contributed by atoms with Gasteiger partial charge in [-0.1, -0.05) is 6.07 Å². The molecule has 8 nitrogen and oxygen atoms in total.